The van der Waals surface area contributed by atoms with Crippen LogP contribution in [-0.2, 0) is 9.84 Å². The molecule has 1 aliphatic heterocycles. The highest BCUT2D eigenvalue weighted by atomic mass is 32.2. The summed E-state index contributed by atoms with van der Waals surface area (Å²) in [7, 11) is -3.65. The third-order valence-corrected chi connectivity index (χ3v) is 5.26. The topological polar surface area (TPSA) is 101 Å². The van der Waals surface area contributed by atoms with Crippen molar-refractivity contribution < 1.29 is 13.2 Å². The van der Waals surface area contributed by atoms with E-state index in [-0.39, 0.29) is 9.80 Å². The maximum absolute atomic E-state index is 12.7. The molecule has 20 heavy (non-hydrogen) atoms. The van der Waals surface area contributed by atoms with Crippen LogP contribution in [0.4, 0.5) is 4.79 Å². The van der Waals surface area contributed by atoms with Gasteiger partial charge in [0.1, 0.15) is 0 Å². The third-order valence-electron chi connectivity index (χ3n) is 3.19. The molecule has 0 radical (unpaired) electrons. The summed E-state index contributed by atoms with van der Waals surface area (Å²) in [5.41, 5.74) is 6.60. The van der Waals surface area contributed by atoms with Gasteiger partial charge in [-0.05, 0) is 26.0 Å². The number of hydrogen-bond acceptors (Lipinski definition) is 4. The number of nitrogens with one attached hydrogen (secondary N) is 2. The van der Waals surface area contributed by atoms with Crippen molar-refractivity contribution in [2.45, 2.75) is 24.8 Å². The Kier molecular flexibility index (Phi) is 3.71. The minimum absolute atomic E-state index is 0.167. The van der Waals surface area contributed by atoms with Gasteiger partial charge in [-0.1, -0.05) is 17.7 Å². The third kappa shape index (κ3) is 2.62. The molecule has 0 bridgehead atoms. The number of benzene rings is 1. The van der Waals surface area contributed by atoms with Crippen molar-refractivity contribution >= 4 is 15.9 Å². The van der Waals surface area contributed by atoms with Crippen LogP contribution in [0.3, 0.4) is 0 Å². The highest BCUT2D eigenvalue weighted by Crippen LogP contribution is 2.27. The maximum atomic E-state index is 12.7. The van der Waals surface area contributed by atoms with Gasteiger partial charge in [-0.2, -0.15) is 0 Å². The summed E-state index contributed by atoms with van der Waals surface area (Å²) in [4.78, 5) is 11.4. The molecule has 1 aliphatic rings. The average Bonchev–Trinajstić information content (AvgIpc) is 2.70. The first-order chi connectivity index (χ1) is 9.32. The average molecular weight is 295 g/mol. The second kappa shape index (κ2) is 5.16. The molecule has 0 fully saturated rings. The van der Waals surface area contributed by atoms with Gasteiger partial charge in [0.15, 0.2) is 0 Å². The van der Waals surface area contributed by atoms with Gasteiger partial charge >= 0.3 is 6.03 Å². The van der Waals surface area contributed by atoms with Gasteiger partial charge in [-0.3, -0.25) is 0 Å². The van der Waals surface area contributed by atoms with Gasteiger partial charge in [0.25, 0.3) is 0 Å². The molecule has 0 aromatic heterocycles. The van der Waals surface area contributed by atoms with Gasteiger partial charge in [-0.15, -0.1) is 0 Å². The van der Waals surface area contributed by atoms with Gasteiger partial charge in [0.2, 0.25) is 9.84 Å². The second-order valence-corrected chi connectivity index (χ2v) is 6.67. The van der Waals surface area contributed by atoms with Crippen LogP contribution in [0.15, 0.2) is 39.8 Å². The zero-order valence-corrected chi connectivity index (χ0v) is 12.1. The Balaban J connectivity index is 2.44. The van der Waals surface area contributed by atoms with E-state index in [9.17, 15) is 13.2 Å². The Labute approximate surface area is 118 Å². The smallest absolute Gasteiger partial charge is 0.312 e. The van der Waals surface area contributed by atoms with Crippen molar-refractivity contribution in [3.8, 4) is 0 Å². The van der Waals surface area contributed by atoms with Gasteiger partial charge < -0.3 is 16.4 Å². The van der Waals surface area contributed by atoms with Gasteiger partial charge in [0, 0.05) is 12.2 Å². The summed E-state index contributed by atoms with van der Waals surface area (Å²) in [5, 5.41) is 5.39. The number of rotatable bonds is 3. The Bertz CT molecular complexity index is 663. The lowest BCUT2D eigenvalue weighted by atomic mass is 10.2. The summed E-state index contributed by atoms with van der Waals surface area (Å²) in [6, 6.07) is 5.21. The van der Waals surface area contributed by atoms with E-state index in [1.807, 2.05) is 6.92 Å². The summed E-state index contributed by atoms with van der Waals surface area (Å²) in [5.74, 6) is 0. The van der Waals surface area contributed by atoms with Crippen molar-refractivity contribution in [3.63, 3.8) is 0 Å². The Morgan fingerprint density at radius 2 is 1.90 bits per heavy atom. The zero-order chi connectivity index (χ0) is 14.9. The van der Waals surface area contributed by atoms with Crippen LogP contribution in [0.1, 0.15) is 12.5 Å². The molecular weight excluding hydrogens is 278 g/mol. The van der Waals surface area contributed by atoms with Crippen LogP contribution < -0.4 is 16.4 Å². The first-order valence-electron chi connectivity index (χ1n) is 6.14. The number of nitrogens with two attached hydrogens (primary N) is 1. The first kappa shape index (κ1) is 14.4. The molecule has 0 saturated carbocycles. The molecule has 0 saturated heterocycles. The Morgan fingerprint density at radius 3 is 2.45 bits per heavy atom. The summed E-state index contributed by atoms with van der Waals surface area (Å²) in [6.07, 6.45) is 0. The van der Waals surface area contributed by atoms with Crippen molar-refractivity contribution in [3.05, 3.63) is 40.4 Å². The number of amides is 2. The summed E-state index contributed by atoms with van der Waals surface area (Å²) < 4.78 is 25.3. The zero-order valence-electron chi connectivity index (χ0n) is 11.3. The molecule has 2 rings (SSSR count). The Hall–Kier alpha value is -2.02. The highest BCUT2D eigenvalue weighted by molar-refractivity contribution is 7.95. The summed E-state index contributed by atoms with van der Waals surface area (Å²) in [6.45, 7) is 3.87. The van der Waals surface area contributed by atoms with Crippen molar-refractivity contribution in [2.24, 2.45) is 5.73 Å². The molecule has 1 atom stereocenters. The number of hydrogen-bond donors (Lipinski definition) is 3. The lowest BCUT2D eigenvalue weighted by molar-refractivity contribution is 0.247. The van der Waals surface area contributed by atoms with Crippen LogP contribution >= 0.6 is 0 Å². The monoisotopic (exact) mass is 295 g/mol. The fourth-order valence-corrected chi connectivity index (χ4v) is 3.96. The molecule has 6 nitrogen and oxygen atoms in total. The normalized spacial score (nSPS) is 18.8. The van der Waals surface area contributed by atoms with Crippen LogP contribution in [0, 0.1) is 6.92 Å². The SMILES string of the molecule is CC1=C(S(=O)(=O)c2ccc(C)cc2)C(NC(N)=O)CN1. The van der Waals surface area contributed by atoms with Crippen LogP contribution in [0.2, 0.25) is 0 Å². The number of aryl methyl sites for hydroxylation is 1. The van der Waals surface area contributed by atoms with E-state index in [1.54, 1.807) is 31.2 Å². The fraction of sp³-hybridized carbons (Fsp3) is 0.308. The predicted molar refractivity (Wildman–Crippen MR) is 75.6 cm³/mol. The molecule has 1 aromatic carbocycles. The van der Waals surface area contributed by atoms with Crippen LogP contribution in [-0.4, -0.2) is 27.0 Å². The van der Waals surface area contributed by atoms with Crippen LogP contribution in [0.25, 0.3) is 0 Å². The molecule has 108 valence electrons. The van der Waals surface area contributed by atoms with Crippen molar-refractivity contribution in [1.82, 2.24) is 10.6 Å². The highest BCUT2D eigenvalue weighted by Gasteiger charge is 2.34. The molecule has 4 N–H and O–H groups in total. The molecule has 0 spiro atoms. The summed E-state index contributed by atoms with van der Waals surface area (Å²) >= 11 is 0. The maximum Gasteiger partial charge on any atom is 0.312 e. The number of urea groups is 1. The van der Waals surface area contributed by atoms with E-state index in [0.29, 0.717) is 12.2 Å². The largest absolute Gasteiger partial charge is 0.385 e. The standard InChI is InChI=1S/C13H17N3O3S/c1-8-3-5-10(6-4-8)20(18,19)12-9(2)15-7-11(12)16-13(14)17/h3-6,11,15H,7H2,1-2H3,(H3,14,16,17). The predicted octanol–water partition coefficient (Wildman–Crippen LogP) is 0.640. The van der Waals surface area contributed by atoms with Crippen LogP contribution in [0.5, 0.6) is 0 Å². The second-order valence-electron chi connectivity index (χ2n) is 4.75. The molecule has 1 unspecified atom stereocenters. The lowest BCUT2D eigenvalue weighted by Gasteiger charge is -2.15. The van der Waals surface area contributed by atoms with E-state index in [2.05, 4.69) is 10.6 Å². The Morgan fingerprint density at radius 1 is 1.30 bits per heavy atom. The minimum atomic E-state index is -3.65. The lowest BCUT2D eigenvalue weighted by Crippen LogP contribution is -2.42. The van der Waals surface area contributed by atoms with E-state index < -0.39 is 21.9 Å². The molecule has 1 aromatic rings. The number of sulfone groups is 1. The number of allylic oxidation sites excluding steroid dienone is 1. The quantitative estimate of drug-likeness (QED) is 0.761. The molecule has 1 heterocycles. The first-order valence-corrected chi connectivity index (χ1v) is 7.63. The van der Waals surface area contributed by atoms with E-state index >= 15 is 0 Å². The molecule has 0 aliphatic carbocycles. The molecule has 2 amide bonds. The molecule has 7 heteroatoms. The van der Waals surface area contributed by atoms with Gasteiger partial charge in [-0.25, -0.2) is 13.2 Å². The van der Waals surface area contributed by atoms with E-state index in [0.717, 1.165) is 5.56 Å². The fourth-order valence-electron chi connectivity index (χ4n) is 2.22. The molecular formula is C13H17N3O3S. The number of carbonyl (C=O) groups excluding carboxylic acids is 1. The van der Waals surface area contributed by atoms with Crippen molar-refractivity contribution in [2.75, 3.05) is 6.54 Å². The minimum Gasteiger partial charge on any atom is -0.385 e. The van der Waals surface area contributed by atoms with E-state index in [4.69, 9.17) is 5.73 Å². The number of carbonyl (C=O) groups is 1. The van der Waals surface area contributed by atoms with E-state index in [1.165, 1.54) is 0 Å². The van der Waals surface area contributed by atoms with Gasteiger partial charge in [0.05, 0.1) is 15.8 Å². The van der Waals surface area contributed by atoms with Crippen molar-refractivity contribution in [1.29, 1.82) is 0 Å². The number of primary amides is 1.